The normalized spacial score (nSPS) is 10.2. The van der Waals surface area contributed by atoms with Crippen LogP contribution in [0.2, 0.25) is 0 Å². The van der Waals surface area contributed by atoms with E-state index in [9.17, 15) is 4.79 Å². The fraction of sp³-hybridized carbons (Fsp3) is 0.167. The van der Waals surface area contributed by atoms with Crippen molar-refractivity contribution in [1.82, 2.24) is 5.16 Å². The highest BCUT2D eigenvalue weighted by atomic mass is 16.5. The molecule has 88 valence electrons. The van der Waals surface area contributed by atoms with Crippen LogP contribution in [0.15, 0.2) is 34.9 Å². The van der Waals surface area contributed by atoms with Crippen LogP contribution in [-0.2, 0) is 6.61 Å². The predicted octanol–water partition coefficient (Wildman–Crippen LogP) is 2.26. The molecule has 0 aliphatic heterocycles. The average Bonchev–Trinajstić information content (AvgIpc) is 2.77. The number of carboxylic acid groups (broad SMARTS) is 1. The van der Waals surface area contributed by atoms with Crippen LogP contribution in [0.3, 0.4) is 0 Å². The highest BCUT2D eigenvalue weighted by Gasteiger charge is 2.11. The first kappa shape index (κ1) is 11.2. The molecule has 0 unspecified atom stereocenters. The molecule has 0 spiro atoms. The first-order chi connectivity index (χ1) is 8.16. The van der Waals surface area contributed by atoms with E-state index in [4.69, 9.17) is 9.84 Å². The Morgan fingerprint density at radius 3 is 2.88 bits per heavy atom. The van der Waals surface area contributed by atoms with Gasteiger partial charge in [0, 0.05) is 6.07 Å². The van der Waals surface area contributed by atoms with Crippen LogP contribution in [0, 0.1) is 6.92 Å². The lowest BCUT2D eigenvalue weighted by Crippen LogP contribution is -1.97. The van der Waals surface area contributed by atoms with Crippen LogP contribution in [0.5, 0.6) is 5.75 Å². The largest absolute Gasteiger partial charge is 0.487 e. The number of nitrogens with zero attached hydrogens (tertiary/aromatic N) is 1. The Hall–Kier alpha value is -2.30. The Morgan fingerprint density at radius 1 is 1.47 bits per heavy atom. The fourth-order valence-corrected chi connectivity index (χ4v) is 1.35. The summed E-state index contributed by atoms with van der Waals surface area (Å²) in [7, 11) is 0. The molecule has 5 heteroatoms. The minimum absolute atomic E-state index is 0.182. The van der Waals surface area contributed by atoms with Crippen molar-refractivity contribution in [3.8, 4) is 5.75 Å². The zero-order chi connectivity index (χ0) is 12.3. The summed E-state index contributed by atoms with van der Waals surface area (Å²) < 4.78 is 10.1. The maximum atomic E-state index is 10.6. The number of hydrogen-bond donors (Lipinski definition) is 1. The van der Waals surface area contributed by atoms with E-state index in [0.29, 0.717) is 5.69 Å². The maximum absolute atomic E-state index is 10.6. The SMILES string of the molecule is Cc1ccccc1OCc1cc(C(=O)O)on1. The molecular formula is C12H11NO4. The quantitative estimate of drug-likeness (QED) is 0.876. The van der Waals surface area contributed by atoms with E-state index in [-0.39, 0.29) is 12.4 Å². The number of hydrogen-bond acceptors (Lipinski definition) is 4. The molecule has 2 aromatic rings. The maximum Gasteiger partial charge on any atom is 0.374 e. The topological polar surface area (TPSA) is 72.6 Å². The van der Waals surface area contributed by atoms with Crippen molar-refractivity contribution in [2.24, 2.45) is 0 Å². The van der Waals surface area contributed by atoms with Crippen LogP contribution in [0.4, 0.5) is 0 Å². The highest BCUT2D eigenvalue weighted by molar-refractivity contribution is 5.84. The summed E-state index contributed by atoms with van der Waals surface area (Å²) in [5.74, 6) is -0.583. The molecule has 0 saturated heterocycles. The Balaban J connectivity index is 2.02. The van der Waals surface area contributed by atoms with Gasteiger partial charge in [-0.05, 0) is 18.6 Å². The number of para-hydroxylation sites is 1. The number of aryl methyl sites for hydroxylation is 1. The Labute approximate surface area is 97.6 Å². The Kier molecular flexibility index (Phi) is 3.09. The van der Waals surface area contributed by atoms with Gasteiger partial charge in [0.05, 0.1) is 0 Å². The van der Waals surface area contributed by atoms with E-state index in [1.54, 1.807) is 0 Å². The van der Waals surface area contributed by atoms with Crippen molar-refractivity contribution in [3.05, 3.63) is 47.3 Å². The number of carboxylic acids is 1. The van der Waals surface area contributed by atoms with Gasteiger partial charge in [0.15, 0.2) is 0 Å². The van der Waals surface area contributed by atoms with Gasteiger partial charge in [-0.3, -0.25) is 0 Å². The second-order valence-corrected chi connectivity index (χ2v) is 3.54. The van der Waals surface area contributed by atoms with Gasteiger partial charge in [-0.15, -0.1) is 0 Å². The monoisotopic (exact) mass is 233 g/mol. The van der Waals surface area contributed by atoms with E-state index in [2.05, 4.69) is 9.68 Å². The van der Waals surface area contributed by atoms with Gasteiger partial charge >= 0.3 is 5.97 Å². The molecule has 0 aliphatic rings. The predicted molar refractivity (Wildman–Crippen MR) is 59.0 cm³/mol. The van der Waals surface area contributed by atoms with Crippen LogP contribution < -0.4 is 4.74 Å². The van der Waals surface area contributed by atoms with Gasteiger partial charge in [-0.25, -0.2) is 4.79 Å². The molecule has 0 aliphatic carbocycles. The Morgan fingerprint density at radius 2 is 2.24 bits per heavy atom. The number of aromatic carboxylic acids is 1. The summed E-state index contributed by atoms with van der Waals surface area (Å²) >= 11 is 0. The van der Waals surface area contributed by atoms with Gasteiger partial charge in [-0.1, -0.05) is 23.4 Å². The van der Waals surface area contributed by atoms with Crippen molar-refractivity contribution in [3.63, 3.8) is 0 Å². The lowest BCUT2D eigenvalue weighted by atomic mass is 10.2. The van der Waals surface area contributed by atoms with Crippen molar-refractivity contribution in [1.29, 1.82) is 0 Å². The molecule has 1 N–H and O–H groups in total. The van der Waals surface area contributed by atoms with Crippen LogP contribution in [0.25, 0.3) is 0 Å². The molecule has 0 radical (unpaired) electrons. The van der Waals surface area contributed by atoms with Crippen LogP contribution in [-0.4, -0.2) is 16.2 Å². The van der Waals surface area contributed by atoms with Gasteiger partial charge < -0.3 is 14.4 Å². The minimum Gasteiger partial charge on any atom is -0.487 e. The zero-order valence-electron chi connectivity index (χ0n) is 9.21. The molecule has 0 amide bonds. The fourth-order valence-electron chi connectivity index (χ4n) is 1.35. The van der Waals surface area contributed by atoms with Gasteiger partial charge in [0.25, 0.3) is 0 Å². The molecule has 5 nitrogen and oxygen atoms in total. The number of rotatable bonds is 4. The molecule has 0 bridgehead atoms. The molecule has 2 rings (SSSR count). The lowest BCUT2D eigenvalue weighted by Gasteiger charge is -2.06. The van der Waals surface area contributed by atoms with Crippen molar-refractivity contribution in [2.75, 3.05) is 0 Å². The standard InChI is InChI=1S/C12H11NO4/c1-8-4-2-3-5-10(8)16-7-9-6-11(12(14)15)17-13-9/h2-6H,7H2,1H3,(H,14,15). The van der Waals surface area contributed by atoms with E-state index in [0.717, 1.165) is 11.3 Å². The van der Waals surface area contributed by atoms with Crippen LogP contribution in [0.1, 0.15) is 21.8 Å². The second kappa shape index (κ2) is 4.69. The van der Waals surface area contributed by atoms with Crippen molar-refractivity contribution < 1.29 is 19.2 Å². The first-order valence-corrected chi connectivity index (χ1v) is 5.04. The van der Waals surface area contributed by atoms with Crippen molar-refractivity contribution >= 4 is 5.97 Å². The zero-order valence-corrected chi connectivity index (χ0v) is 9.21. The molecule has 17 heavy (non-hydrogen) atoms. The third kappa shape index (κ3) is 2.63. The number of carbonyl (C=O) groups is 1. The van der Waals surface area contributed by atoms with Crippen molar-refractivity contribution in [2.45, 2.75) is 13.5 Å². The van der Waals surface area contributed by atoms with E-state index >= 15 is 0 Å². The average molecular weight is 233 g/mol. The number of aromatic nitrogens is 1. The Bertz CT molecular complexity index is 533. The minimum atomic E-state index is -1.14. The first-order valence-electron chi connectivity index (χ1n) is 5.04. The third-order valence-corrected chi connectivity index (χ3v) is 2.24. The summed E-state index contributed by atoms with van der Waals surface area (Å²) in [6, 6.07) is 8.91. The second-order valence-electron chi connectivity index (χ2n) is 3.54. The molecule has 0 fully saturated rings. The van der Waals surface area contributed by atoms with E-state index in [1.807, 2.05) is 31.2 Å². The lowest BCUT2D eigenvalue weighted by molar-refractivity contribution is 0.0651. The molecule has 1 heterocycles. The van der Waals surface area contributed by atoms with Crippen LogP contribution >= 0.6 is 0 Å². The van der Waals surface area contributed by atoms with Gasteiger partial charge in [-0.2, -0.15) is 0 Å². The smallest absolute Gasteiger partial charge is 0.374 e. The van der Waals surface area contributed by atoms with E-state index in [1.165, 1.54) is 6.07 Å². The molecule has 0 atom stereocenters. The summed E-state index contributed by atoms with van der Waals surface area (Å²) in [6.45, 7) is 2.11. The summed E-state index contributed by atoms with van der Waals surface area (Å²) in [4.78, 5) is 10.6. The summed E-state index contributed by atoms with van der Waals surface area (Å²) in [5, 5.41) is 12.3. The molecular weight excluding hydrogens is 222 g/mol. The number of benzene rings is 1. The molecule has 0 saturated carbocycles. The summed E-state index contributed by atoms with van der Waals surface area (Å²) in [5.41, 5.74) is 1.46. The van der Waals surface area contributed by atoms with Gasteiger partial charge in [0.1, 0.15) is 18.1 Å². The van der Waals surface area contributed by atoms with Gasteiger partial charge in [0.2, 0.25) is 5.76 Å². The highest BCUT2D eigenvalue weighted by Crippen LogP contribution is 2.17. The number of ether oxygens (including phenoxy) is 1. The molecule has 1 aromatic heterocycles. The van der Waals surface area contributed by atoms with E-state index < -0.39 is 5.97 Å². The molecule has 1 aromatic carbocycles. The summed E-state index contributed by atoms with van der Waals surface area (Å²) in [6.07, 6.45) is 0. The third-order valence-electron chi connectivity index (χ3n) is 2.24.